The second kappa shape index (κ2) is 10.8. The molecular weight excluding hydrogens is 561 g/mol. The molecule has 41 heavy (non-hydrogen) atoms. The lowest BCUT2D eigenvalue weighted by Gasteiger charge is -2.32. The lowest BCUT2D eigenvalue weighted by molar-refractivity contribution is -0.274. The van der Waals surface area contributed by atoms with Crippen LogP contribution in [-0.2, 0) is 32.5 Å². The van der Waals surface area contributed by atoms with Gasteiger partial charge in [0.05, 0.1) is 17.4 Å². The van der Waals surface area contributed by atoms with Crippen molar-refractivity contribution in [1.82, 2.24) is 20.3 Å². The fourth-order valence-electron chi connectivity index (χ4n) is 5.88. The van der Waals surface area contributed by atoms with Crippen LogP contribution in [0.4, 0.5) is 13.2 Å². The van der Waals surface area contributed by atoms with Crippen LogP contribution in [0.1, 0.15) is 54.8 Å². The number of ether oxygens (including phenoxy) is 2. The monoisotopic (exact) mass is 594 g/mol. The van der Waals surface area contributed by atoms with Crippen LogP contribution in [-0.4, -0.2) is 56.6 Å². The Morgan fingerprint density at radius 3 is 2.66 bits per heavy atom. The quantitative estimate of drug-likeness (QED) is 0.362. The minimum atomic E-state index is -4.89. The van der Waals surface area contributed by atoms with Gasteiger partial charge in [0.15, 0.2) is 12.0 Å². The summed E-state index contributed by atoms with van der Waals surface area (Å²) in [7, 11) is -4.18. The highest BCUT2D eigenvalue weighted by Crippen LogP contribution is 2.46. The SMILES string of the molecule is O=C(CC12OC1NCCN2S(=O)(=O)c1ccc(OC(F)(F)F)cc1)N[C@@H]1CCCc2cc(CNCC3CC3)ccc21. The second-order valence-corrected chi connectivity index (χ2v) is 13.1. The molecule has 3 fully saturated rings. The molecule has 9 nitrogen and oxygen atoms in total. The average Bonchev–Trinajstić information content (AvgIpc) is 3.84. The average molecular weight is 595 g/mol. The van der Waals surface area contributed by atoms with Crippen LogP contribution in [0.25, 0.3) is 0 Å². The standard InChI is InChI=1S/C28H33F3N4O5S/c29-28(30,31)39-21-7-9-22(10-8-21)41(37,38)35-13-12-33-26-27(35,40-26)15-25(36)34-24-3-1-2-20-14-19(6-11-23(20)24)17-32-16-18-4-5-18/h6-11,14,18,24,26,32-33H,1-5,12-13,15-17H2,(H,34,36)/t24-,26?,27?/m1/s1. The summed E-state index contributed by atoms with van der Waals surface area (Å²) in [4.78, 5) is 13.1. The molecule has 4 aliphatic rings. The first kappa shape index (κ1) is 28.4. The number of carbonyl (C=O) groups excluding carboxylic acids is 1. The van der Waals surface area contributed by atoms with Crippen molar-refractivity contribution in [3.05, 3.63) is 59.2 Å². The van der Waals surface area contributed by atoms with Crippen molar-refractivity contribution in [2.45, 2.75) is 74.3 Å². The van der Waals surface area contributed by atoms with Gasteiger partial charge in [-0.15, -0.1) is 13.2 Å². The topological polar surface area (TPSA) is 112 Å². The van der Waals surface area contributed by atoms with E-state index >= 15 is 0 Å². The molecule has 3 atom stereocenters. The number of hydrogen-bond donors (Lipinski definition) is 3. The fraction of sp³-hybridized carbons (Fsp3) is 0.536. The summed E-state index contributed by atoms with van der Waals surface area (Å²) in [5, 5.41) is 9.69. The van der Waals surface area contributed by atoms with Crippen LogP contribution in [0, 0.1) is 5.92 Å². The predicted octanol–water partition coefficient (Wildman–Crippen LogP) is 3.32. The van der Waals surface area contributed by atoms with E-state index in [1.807, 2.05) is 0 Å². The zero-order valence-electron chi connectivity index (χ0n) is 22.4. The third-order valence-electron chi connectivity index (χ3n) is 8.12. The van der Waals surface area contributed by atoms with E-state index in [9.17, 15) is 26.4 Å². The molecule has 0 aromatic heterocycles. The summed E-state index contributed by atoms with van der Waals surface area (Å²) in [6, 6.07) is 10.2. The van der Waals surface area contributed by atoms with Crippen LogP contribution < -0.4 is 20.7 Å². The van der Waals surface area contributed by atoms with Gasteiger partial charge in [-0.2, -0.15) is 4.31 Å². The number of alkyl halides is 3. The Morgan fingerprint density at radius 1 is 1.15 bits per heavy atom. The number of aryl methyl sites for hydroxylation is 1. The minimum absolute atomic E-state index is 0.0384. The van der Waals surface area contributed by atoms with E-state index in [0.29, 0.717) is 6.54 Å². The highest BCUT2D eigenvalue weighted by Gasteiger charge is 2.67. The highest BCUT2D eigenvalue weighted by molar-refractivity contribution is 7.89. The van der Waals surface area contributed by atoms with Gasteiger partial charge in [0.25, 0.3) is 0 Å². The van der Waals surface area contributed by atoms with Crippen LogP contribution in [0.2, 0.25) is 0 Å². The third kappa shape index (κ3) is 6.24. The maximum atomic E-state index is 13.5. The summed E-state index contributed by atoms with van der Waals surface area (Å²) in [6.07, 6.45) is -0.504. The summed E-state index contributed by atoms with van der Waals surface area (Å²) in [6.45, 7) is 2.20. The molecule has 0 radical (unpaired) electrons. The van der Waals surface area contributed by atoms with Crippen molar-refractivity contribution in [2.75, 3.05) is 19.6 Å². The third-order valence-corrected chi connectivity index (χ3v) is 10.1. The number of sulfonamides is 1. The molecule has 222 valence electrons. The fourth-order valence-corrected chi connectivity index (χ4v) is 7.56. The Morgan fingerprint density at radius 2 is 1.93 bits per heavy atom. The lowest BCUT2D eigenvalue weighted by atomic mass is 9.86. The molecule has 2 aromatic carbocycles. The first-order valence-electron chi connectivity index (χ1n) is 14.0. The number of hydrogen-bond acceptors (Lipinski definition) is 7. The summed E-state index contributed by atoms with van der Waals surface area (Å²) < 4.78 is 75.4. The molecule has 6 rings (SSSR count). The second-order valence-electron chi connectivity index (χ2n) is 11.2. The van der Waals surface area contributed by atoms with Crippen LogP contribution in [0.5, 0.6) is 5.75 Å². The number of amides is 1. The zero-order valence-corrected chi connectivity index (χ0v) is 23.2. The Balaban J connectivity index is 1.13. The number of rotatable bonds is 10. The van der Waals surface area contributed by atoms with Crippen molar-refractivity contribution in [1.29, 1.82) is 0 Å². The van der Waals surface area contributed by atoms with E-state index in [1.165, 1.54) is 24.0 Å². The highest BCUT2D eigenvalue weighted by atomic mass is 32.2. The summed E-state index contributed by atoms with van der Waals surface area (Å²) >= 11 is 0. The number of halogens is 3. The Labute approximate surface area is 236 Å². The number of benzene rings is 2. The van der Waals surface area contributed by atoms with E-state index in [2.05, 4.69) is 38.9 Å². The number of fused-ring (bicyclic) bond motifs is 2. The maximum Gasteiger partial charge on any atom is 0.573 e. The van der Waals surface area contributed by atoms with Crippen LogP contribution >= 0.6 is 0 Å². The number of piperazine rings is 1. The van der Waals surface area contributed by atoms with E-state index in [-0.39, 0.29) is 29.8 Å². The molecule has 0 spiro atoms. The smallest absolute Gasteiger partial charge is 0.406 e. The lowest BCUT2D eigenvalue weighted by Crippen LogP contribution is -2.55. The van der Waals surface area contributed by atoms with E-state index in [0.717, 1.165) is 72.4 Å². The number of nitrogens with zero attached hydrogens (tertiary/aromatic N) is 1. The molecule has 3 N–H and O–H groups in total. The Hall–Kier alpha value is -2.71. The van der Waals surface area contributed by atoms with Gasteiger partial charge in [-0.1, -0.05) is 18.2 Å². The molecule has 2 aromatic rings. The largest absolute Gasteiger partial charge is 0.573 e. The molecule has 2 saturated heterocycles. The number of epoxide rings is 1. The van der Waals surface area contributed by atoms with Gasteiger partial charge in [0, 0.05) is 19.6 Å². The molecule has 13 heteroatoms. The van der Waals surface area contributed by atoms with Gasteiger partial charge in [0.2, 0.25) is 15.9 Å². The van der Waals surface area contributed by atoms with E-state index < -0.39 is 34.1 Å². The van der Waals surface area contributed by atoms with Gasteiger partial charge in [-0.05, 0) is 85.5 Å². The van der Waals surface area contributed by atoms with Crippen molar-refractivity contribution in [2.24, 2.45) is 5.92 Å². The van der Waals surface area contributed by atoms with E-state index in [4.69, 9.17) is 4.74 Å². The molecule has 1 saturated carbocycles. The van der Waals surface area contributed by atoms with Crippen molar-refractivity contribution in [3.63, 3.8) is 0 Å². The van der Waals surface area contributed by atoms with Gasteiger partial charge >= 0.3 is 6.36 Å². The molecule has 2 heterocycles. The molecule has 1 amide bonds. The minimum Gasteiger partial charge on any atom is -0.406 e. The summed E-state index contributed by atoms with van der Waals surface area (Å²) in [5.74, 6) is -0.0513. The van der Waals surface area contributed by atoms with Gasteiger partial charge in [0.1, 0.15) is 5.75 Å². The van der Waals surface area contributed by atoms with Crippen molar-refractivity contribution in [3.8, 4) is 5.75 Å². The molecule has 2 aliphatic carbocycles. The van der Waals surface area contributed by atoms with Gasteiger partial charge in [-0.3, -0.25) is 10.1 Å². The van der Waals surface area contributed by atoms with Crippen LogP contribution in [0.3, 0.4) is 0 Å². The molecule has 0 bridgehead atoms. The predicted molar refractivity (Wildman–Crippen MR) is 142 cm³/mol. The zero-order chi connectivity index (χ0) is 28.8. The normalized spacial score (nSPS) is 26.1. The van der Waals surface area contributed by atoms with E-state index in [1.54, 1.807) is 0 Å². The summed E-state index contributed by atoms with van der Waals surface area (Å²) in [5.41, 5.74) is 2.11. The molecule has 2 unspecified atom stereocenters. The van der Waals surface area contributed by atoms with Gasteiger partial charge < -0.3 is 20.1 Å². The van der Waals surface area contributed by atoms with Crippen molar-refractivity contribution < 1.29 is 35.9 Å². The Kier molecular flexibility index (Phi) is 7.52. The molecule has 2 aliphatic heterocycles. The van der Waals surface area contributed by atoms with Crippen LogP contribution in [0.15, 0.2) is 47.4 Å². The maximum absolute atomic E-state index is 13.5. The van der Waals surface area contributed by atoms with Gasteiger partial charge in [-0.25, -0.2) is 8.42 Å². The number of nitrogens with one attached hydrogen (secondary N) is 3. The Bertz CT molecular complexity index is 1400. The number of carbonyl (C=O) groups is 1. The molecular formula is C28H33F3N4O5S. The first-order chi connectivity index (χ1) is 19.5. The van der Waals surface area contributed by atoms with Crippen molar-refractivity contribution >= 4 is 15.9 Å². The first-order valence-corrected chi connectivity index (χ1v) is 15.4.